The Labute approximate surface area is 259 Å². The van der Waals surface area contributed by atoms with Gasteiger partial charge in [0.05, 0.1) is 0 Å². The van der Waals surface area contributed by atoms with Crippen molar-refractivity contribution in [1.82, 2.24) is 15.7 Å². The highest BCUT2D eigenvalue weighted by molar-refractivity contribution is 6.01. The van der Waals surface area contributed by atoms with E-state index >= 15 is 0 Å². The highest BCUT2D eigenvalue weighted by Gasteiger charge is 2.35. The summed E-state index contributed by atoms with van der Waals surface area (Å²) in [5.74, 6) is -2.10. The first-order valence-electron chi connectivity index (χ1n) is 16.5. The molecule has 0 saturated carbocycles. The van der Waals surface area contributed by atoms with Crippen molar-refractivity contribution >= 4 is 29.8 Å². The predicted molar refractivity (Wildman–Crippen MR) is 167 cm³/mol. The predicted octanol–water partition coefficient (Wildman–Crippen LogP) is 6.81. The number of carbonyl (C=O) groups excluding carboxylic acids is 5. The fourth-order valence-electron chi connectivity index (χ4n) is 4.66. The molecule has 1 atom stereocenters. The summed E-state index contributed by atoms with van der Waals surface area (Å²) in [6, 6.07) is -1.11. The standard InChI is InChI=1S/C33H57N3O7/c1-5-6-7-8-9-10-11-12-13-14-15-16-17-18-19-23-28(37)34-26-21-20-22-27(35-32(41)42-33(2,3)4)31(40)43-36-29(38)24-25-30(36)39/h12-13,27H,5-11,14-26H2,1-4H3,(H,34,37)(H,35,41)/b13-12-. The van der Waals surface area contributed by atoms with Crippen LogP contribution in [0.2, 0.25) is 0 Å². The van der Waals surface area contributed by atoms with Crippen LogP contribution in [0, 0.1) is 0 Å². The first-order valence-corrected chi connectivity index (χ1v) is 16.5. The summed E-state index contributed by atoms with van der Waals surface area (Å²) in [6.07, 6.45) is 21.3. The second kappa shape index (κ2) is 22.6. The number of hydrogen-bond acceptors (Lipinski definition) is 7. The molecule has 1 fully saturated rings. The van der Waals surface area contributed by atoms with E-state index < -0.39 is 35.5 Å². The second-order valence-corrected chi connectivity index (χ2v) is 12.4. The molecule has 10 heteroatoms. The van der Waals surface area contributed by atoms with E-state index in [0.29, 0.717) is 30.9 Å². The van der Waals surface area contributed by atoms with Gasteiger partial charge in [-0.25, -0.2) is 9.59 Å². The molecule has 1 rings (SSSR count). The van der Waals surface area contributed by atoms with Crippen LogP contribution < -0.4 is 10.6 Å². The quantitative estimate of drug-likeness (QED) is 0.0741. The monoisotopic (exact) mass is 607 g/mol. The molecule has 0 radical (unpaired) electrons. The van der Waals surface area contributed by atoms with Gasteiger partial charge < -0.3 is 20.2 Å². The molecule has 2 N–H and O–H groups in total. The molecule has 1 aliphatic rings. The molecule has 10 nitrogen and oxygen atoms in total. The summed E-state index contributed by atoms with van der Waals surface area (Å²) in [7, 11) is 0. The van der Waals surface area contributed by atoms with Gasteiger partial charge in [0, 0.05) is 25.8 Å². The molecule has 0 bridgehead atoms. The largest absolute Gasteiger partial charge is 0.444 e. The van der Waals surface area contributed by atoms with E-state index in [-0.39, 0.29) is 25.2 Å². The highest BCUT2D eigenvalue weighted by atomic mass is 16.7. The number of hydrogen-bond donors (Lipinski definition) is 2. The van der Waals surface area contributed by atoms with E-state index in [1.54, 1.807) is 20.8 Å². The first kappa shape index (κ1) is 38.1. The van der Waals surface area contributed by atoms with Crippen molar-refractivity contribution in [3.63, 3.8) is 0 Å². The Morgan fingerprint density at radius 2 is 1.37 bits per heavy atom. The highest BCUT2D eigenvalue weighted by Crippen LogP contribution is 2.15. The summed E-state index contributed by atoms with van der Waals surface area (Å²) < 4.78 is 5.23. The SMILES string of the molecule is CCCCCCCC/C=C\CCCCCCCC(=O)NCCCCC(NC(=O)OC(C)(C)C)C(=O)ON1C(=O)CCC1=O. The van der Waals surface area contributed by atoms with Gasteiger partial charge in [0.2, 0.25) is 5.91 Å². The smallest absolute Gasteiger partial charge is 0.408 e. The van der Waals surface area contributed by atoms with Crippen LogP contribution in [-0.4, -0.2) is 53.0 Å². The van der Waals surface area contributed by atoms with Crippen molar-refractivity contribution < 1.29 is 33.5 Å². The Balaban J connectivity index is 2.18. The molecular formula is C33H57N3O7. The second-order valence-electron chi connectivity index (χ2n) is 12.4. The lowest BCUT2D eigenvalue weighted by molar-refractivity contribution is -0.199. The van der Waals surface area contributed by atoms with Crippen LogP contribution in [0.15, 0.2) is 12.2 Å². The molecule has 1 aliphatic heterocycles. The Morgan fingerprint density at radius 3 is 1.95 bits per heavy atom. The molecule has 0 spiro atoms. The maximum atomic E-state index is 12.7. The van der Waals surface area contributed by atoms with Gasteiger partial charge in [-0.2, -0.15) is 0 Å². The van der Waals surface area contributed by atoms with Crippen molar-refractivity contribution in [3.05, 3.63) is 12.2 Å². The summed E-state index contributed by atoms with van der Waals surface area (Å²) in [5.41, 5.74) is -0.770. The molecule has 246 valence electrons. The fourth-order valence-corrected chi connectivity index (χ4v) is 4.66. The molecule has 4 amide bonds. The van der Waals surface area contributed by atoms with Crippen molar-refractivity contribution in [3.8, 4) is 0 Å². The Kier molecular flexibility index (Phi) is 20.0. The first-order chi connectivity index (χ1) is 20.5. The number of nitrogens with one attached hydrogen (secondary N) is 2. The summed E-state index contributed by atoms with van der Waals surface area (Å²) in [4.78, 5) is 65.7. The third-order valence-electron chi connectivity index (χ3n) is 7.07. The van der Waals surface area contributed by atoms with E-state index in [2.05, 4.69) is 29.7 Å². The van der Waals surface area contributed by atoms with Gasteiger partial charge in [0.1, 0.15) is 11.6 Å². The molecule has 1 heterocycles. The molecule has 0 aromatic rings. The van der Waals surface area contributed by atoms with Crippen LogP contribution in [0.1, 0.15) is 150 Å². The summed E-state index contributed by atoms with van der Waals surface area (Å²) in [6.45, 7) is 7.78. The normalized spacial score (nSPS) is 14.3. The zero-order valence-corrected chi connectivity index (χ0v) is 27.2. The maximum absolute atomic E-state index is 12.7. The average molecular weight is 608 g/mol. The Morgan fingerprint density at radius 1 is 0.814 bits per heavy atom. The lowest BCUT2D eigenvalue weighted by Crippen LogP contribution is -2.46. The van der Waals surface area contributed by atoms with E-state index in [1.807, 2.05) is 0 Å². The topological polar surface area (TPSA) is 131 Å². The number of rotatable bonds is 23. The number of hydroxylamine groups is 2. The maximum Gasteiger partial charge on any atom is 0.408 e. The van der Waals surface area contributed by atoms with Gasteiger partial charge in [0.25, 0.3) is 11.8 Å². The van der Waals surface area contributed by atoms with E-state index in [4.69, 9.17) is 9.57 Å². The van der Waals surface area contributed by atoms with E-state index in [0.717, 1.165) is 25.7 Å². The number of unbranched alkanes of at least 4 members (excludes halogenated alkanes) is 12. The number of allylic oxidation sites excluding steroid dienone is 2. The average Bonchev–Trinajstić information content (AvgIpc) is 3.25. The minimum Gasteiger partial charge on any atom is -0.444 e. The molecule has 0 aromatic heterocycles. The van der Waals surface area contributed by atoms with Crippen molar-refractivity contribution in [2.45, 2.75) is 161 Å². The number of carbonyl (C=O) groups is 5. The van der Waals surface area contributed by atoms with Crippen LogP contribution >= 0.6 is 0 Å². The van der Waals surface area contributed by atoms with Gasteiger partial charge in [-0.1, -0.05) is 70.4 Å². The van der Waals surface area contributed by atoms with E-state index in [9.17, 15) is 24.0 Å². The van der Waals surface area contributed by atoms with Gasteiger partial charge in [-0.05, 0) is 72.1 Å². The van der Waals surface area contributed by atoms with Gasteiger partial charge in [-0.3, -0.25) is 14.4 Å². The van der Waals surface area contributed by atoms with Crippen LogP contribution in [0.4, 0.5) is 4.79 Å². The van der Waals surface area contributed by atoms with Crippen molar-refractivity contribution in [1.29, 1.82) is 0 Å². The minimum absolute atomic E-state index is 0.00604. The van der Waals surface area contributed by atoms with Crippen LogP contribution in [0.25, 0.3) is 0 Å². The lowest BCUT2D eigenvalue weighted by atomic mass is 10.1. The third-order valence-corrected chi connectivity index (χ3v) is 7.07. The number of ether oxygens (including phenoxy) is 1. The Bertz CT molecular complexity index is 866. The third kappa shape index (κ3) is 19.8. The van der Waals surface area contributed by atoms with Crippen LogP contribution in [-0.2, 0) is 28.8 Å². The molecule has 1 unspecified atom stereocenters. The van der Waals surface area contributed by atoms with Crippen LogP contribution in [0.5, 0.6) is 0 Å². The number of nitrogens with zero attached hydrogens (tertiary/aromatic N) is 1. The lowest BCUT2D eigenvalue weighted by Gasteiger charge is -2.23. The number of alkyl carbamates (subject to hydrolysis) is 1. The zero-order valence-electron chi connectivity index (χ0n) is 27.2. The molecule has 43 heavy (non-hydrogen) atoms. The number of amides is 4. The molecular weight excluding hydrogens is 550 g/mol. The van der Waals surface area contributed by atoms with Gasteiger partial charge in [-0.15, -0.1) is 5.06 Å². The van der Waals surface area contributed by atoms with E-state index in [1.165, 1.54) is 57.8 Å². The van der Waals surface area contributed by atoms with Crippen molar-refractivity contribution in [2.24, 2.45) is 0 Å². The summed E-state index contributed by atoms with van der Waals surface area (Å²) >= 11 is 0. The summed E-state index contributed by atoms with van der Waals surface area (Å²) in [5, 5.41) is 5.84. The fraction of sp³-hybridized carbons (Fsp3) is 0.788. The van der Waals surface area contributed by atoms with Gasteiger partial charge in [0.15, 0.2) is 0 Å². The zero-order chi connectivity index (χ0) is 31.9. The molecule has 1 saturated heterocycles. The van der Waals surface area contributed by atoms with Crippen molar-refractivity contribution in [2.75, 3.05) is 6.54 Å². The molecule has 0 aromatic carbocycles. The molecule has 0 aliphatic carbocycles. The van der Waals surface area contributed by atoms with Crippen LogP contribution in [0.3, 0.4) is 0 Å². The Hall–Kier alpha value is -2.91. The van der Waals surface area contributed by atoms with Gasteiger partial charge >= 0.3 is 12.1 Å². The minimum atomic E-state index is -1.11. The number of imide groups is 1.